The third-order valence-electron chi connectivity index (χ3n) is 2.73. The molecule has 0 fully saturated rings. The van der Waals surface area contributed by atoms with Gasteiger partial charge in [0, 0.05) is 11.9 Å². The van der Waals surface area contributed by atoms with E-state index >= 15 is 0 Å². The van der Waals surface area contributed by atoms with Gasteiger partial charge >= 0.3 is 5.82 Å². The number of anilines is 1. The highest BCUT2D eigenvalue weighted by Gasteiger charge is 2.22. The molecule has 0 aliphatic carbocycles. The maximum absolute atomic E-state index is 11.1. The Morgan fingerprint density at radius 3 is 3.11 bits per heavy atom. The summed E-state index contributed by atoms with van der Waals surface area (Å²) in [4.78, 5) is 15.6. The molecule has 0 bridgehead atoms. The van der Waals surface area contributed by atoms with Crippen molar-refractivity contribution in [2.24, 2.45) is 0 Å². The number of fused-ring (bicyclic) bond motifs is 1. The molecule has 2 rings (SSSR count). The van der Waals surface area contributed by atoms with Crippen molar-refractivity contribution in [3.05, 3.63) is 21.7 Å². The molecule has 0 radical (unpaired) electrons. The fourth-order valence-electron chi connectivity index (χ4n) is 1.82. The molecule has 0 saturated heterocycles. The van der Waals surface area contributed by atoms with Crippen LogP contribution < -0.4 is 5.32 Å². The molecule has 0 aliphatic rings. The highest BCUT2D eigenvalue weighted by atomic mass is 32.2. The average molecular weight is 300 g/mol. The molecular formula is C11H16N4O2S2. The first kappa shape index (κ1) is 14.1. The summed E-state index contributed by atoms with van der Waals surface area (Å²) in [6, 6.07) is 0. The van der Waals surface area contributed by atoms with Gasteiger partial charge in [-0.3, -0.25) is 0 Å². The molecule has 2 heterocycles. The Hall–Kier alpha value is -1.28. The lowest BCUT2D eigenvalue weighted by molar-refractivity contribution is -0.389. The van der Waals surface area contributed by atoms with Crippen LogP contribution in [0, 0.1) is 10.1 Å². The van der Waals surface area contributed by atoms with Crippen LogP contribution in [-0.4, -0.2) is 32.9 Å². The van der Waals surface area contributed by atoms with Crippen molar-refractivity contribution in [2.45, 2.75) is 19.3 Å². The van der Waals surface area contributed by atoms with Crippen LogP contribution >= 0.6 is 23.1 Å². The van der Waals surface area contributed by atoms with Crippen molar-refractivity contribution in [3.8, 4) is 0 Å². The van der Waals surface area contributed by atoms with Gasteiger partial charge in [0.1, 0.15) is 6.20 Å². The monoisotopic (exact) mass is 300 g/mol. The van der Waals surface area contributed by atoms with E-state index in [1.807, 2.05) is 11.8 Å². The first-order valence-corrected chi connectivity index (χ1v) is 8.34. The second-order valence-corrected chi connectivity index (χ2v) is 5.94. The molecular weight excluding hydrogens is 284 g/mol. The first-order chi connectivity index (χ1) is 9.24. The van der Waals surface area contributed by atoms with Gasteiger partial charge < -0.3 is 15.4 Å². The van der Waals surface area contributed by atoms with Gasteiger partial charge in [-0.2, -0.15) is 21.1 Å². The molecule has 0 spiro atoms. The number of hydrogen-bond donors (Lipinski definition) is 1. The maximum atomic E-state index is 11.1. The third kappa shape index (κ3) is 3.38. The van der Waals surface area contributed by atoms with E-state index in [1.54, 1.807) is 11.6 Å². The number of nitrogens with one attached hydrogen (secondary N) is 1. The van der Waals surface area contributed by atoms with Gasteiger partial charge in [-0.15, -0.1) is 0 Å². The van der Waals surface area contributed by atoms with Crippen LogP contribution in [0.3, 0.4) is 0 Å². The topological polar surface area (TPSA) is 72.5 Å². The molecule has 6 nitrogen and oxygen atoms in total. The van der Waals surface area contributed by atoms with Gasteiger partial charge in [0.15, 0.2) is 0 Å². The summed E-state index contributed by atoms with van der Waals surface area (Å²) >= 11 is 3.24. The van der Waals surface area contributed by atoms with E-state index in [0.29, 0.717) is 10.8 Å². The lowest BCUT2D eigenvalue weighted by Gasteiger charge is -2.03. The Morgan fingerprint density at radius 2 is 2.37 bits per heavy atom. The average Bonchev–Trinajstić information content (AvgIpc) is 2.92. The predicted octanol–water partition coefficient (Wildman–Crippen LogP) is 3.25. The summed E-state index contributed by atoms with van der Waals surface area (Å²) < 4.78 is 1.51. The number of nitrogens with zero attached hydrogens (tertiary/aromatic N) is 3. The number of unbranched alkanes of at least 4 members (excludes halogenated alkanes) is 2. The number of aromatic nitrogens is 2. The minimum absolute atomic E-state index is 0.0281. The molecule has 0 atom stereocenters. The maximum Gasteiger partial charge on any atom is 0.372 e. The predicted molar refractivity (Wildman–Crippen MR) is 80.4 cm³/mol. The SMILES string of the molecule is CSCCCCCNc1nc2sccn2c1[N+](=O)[O-]. The van der Waals surface area contributed by atoms with Crippen LogP contribution in [0.2, 0.25) is 0 Å². The second kappa shape index (κ2) is 6.76. The van der Waals surface area contributed by atoms with E-state index in [9.17, 15) is 10.1 Å². The number of imidazole rings is 1. The van der Waals surface area contributed by atoms with Crippen LogP contribution in [0.5, 0.6) is 0 Å². The van der Waals surface area contributed by atoms with Crippen LogP contribution in [0.4, 0.5) is 11.6 Å². The van der Waals surface area contributed by atoms with E-state index in [2.05, 4.69) is 16.6 Å². The summed E-state index contributed by atoms with van der Waals surface area (Å²) in [6.45, 7) is 0.722. The largest absolute Gasteiger partial charge is 0.372 e. The van der Waals surface area contributed by atoms with Gasteiger partial charge in [-0.1, -0.05) is 17.8 Å². The number of thiazole rings is 1. The molecule has 8 heteroatoms. The van der Waals surface area contributed by atoms with E-state index in [1.165, 1.54) is 27.9 Å². The molecule has 0 unspecified atom stereocenters. The molecule has 0 aromatic carbocycles. The minimum atomic E-state index is -0.386. The lowest BCUT2D eigenvalue weighted by Crippen LogP contribution is -2.05. The smallest absolute Gasteiger partial charge is 0.363 e. The van der Waals surface area contributed by atoms with Crippen LogP contribution in [0.15, 0.2) is 11.6 Å². The third-order valence-corrected chi connectivity index (χ3v) is 4.18. The second-order valence-electron chi connectivity index (χ2n) is 4.08. The fourth-order valence-corrected chi connectivity index (χ4v) is 3.02. The van der Waals surface area contributed by atoms with Crippen molar-refractivity contribution < 1.29 is 4.92 Å². The Balaban J connectivity index is 1.94. The zero-order valence-corrected chi connectivity index (χ0v) is 12.3. The zero-order chi connectivity index (χ0) is 13.7. The highest BCUT2D eigenvalue weighted by molar-refractivity contribution is 7.98. The molecule has 2 aromatic rings. The fraction of sp³-hybridized carbons (Fsp3) is 0.545. The van der Waals surface area contributed by atoms with Crippen molar-refractivity contribution in [2.75, 3.05) is 23.9 Å². The van der Waals surface area contributed by atoms with Crippen LogP contribution in [0.1, 0.15) is 19.3 Å². The minimum Gasteiger partial charge on any atom is -0.363 e. The summed E-state index contributed by atoms with van der Waals surface area (Å²) in [5.41, 5.74) is 0. The number of nitro groups is 1. The van der Waals surface area contributed by atoms with E-state index < -0.39 is 0 Å². The Morgan fingerprint density at radius 1 is 1.53 bits per heavy atom. The Kier molecular flexibility index (Phi) is 5.03. The molecule has 2 aromatic heterocycles. The van der Waals surface area contributed by atoms with Crippen LogP contribution in [-0.2, 0) is 0 Å². The highest BCUT2D eigenvalue weighted by Crippen LogP contribution is 2.27. The molecule has 0 amide bonds. The van der Waals surface area contributed by atoms with E-state index in [-0.39, 0.29) is 10.7 Å². The van der Waals surface area contributed by atoms with Gasteiger partial charge in [-0.25, -0.2) is 0 Å². The molecule has 0 aliphatic heterocycles. The van der Waals surface area contributed by atoms with Gasteiger partial charge in [0.05, 0.1) is 0 Å². The number of thioether (sulfide) groups is 1. The van der Waals surface area contributed by atoms with Gasteiger partial charge in [-0.05, 0) is 29.8 Å². The Bertz CT molecular complexity index is 552. The van der Waals surface area contributed by atoms with Crippen molar-refractivity contribution in [1.82, 2.24) is 9.38 Å². The standard InChI is InChI=1S/C11H16N4O2S2/c1-18-7-4-2-3-5-12-9-10(15(16)17)14-6-8-19-11(14)13-9/h6,8,12H,2-5,7H2,1H3. The van der Waals surface area contributed by atoms with Crippen LogP contribution in [0.25, 0.3) is 4.96 Å². The number of rotatable bonds is 8. The Labute approximate surface area is 119 Å². The zero-order valence-electron chi connectivity index (χ0n) is 10.7. The summed E-state index contributed by atoms with van der Waals surface area (Å²) in [5.74, 6) is 1.57. The van der Waals surface area contributed by atoms with E-state index in [0.717, 1.165) is 19.4 Å². The molecule has 1 N–H and O–H groups in total. The summed E-state index contributed by atoms with van der Waals surface area (Å²) in [7, 11) is 0. The molecule has 104 valence electrons. The lowest BCUT2D eigenvalue weighted by atomic mass is 10.2. The summed E-state index contributed by atoms with van der Waals surface area (Å²) in [5, 5.41) is 15.9. The van der Waals surface area contributed by atoms with Crippen molar-refractivity contribution in [1.29, 1.82) is 0 Å². The van der Waals surface area contributed by atoms with E-state index in [4.69, 9.17) is 0 Å². The molecule has 19 heavy (non-hydrogen) atoms. The van der Waals surface area contributed by atoms with Gasteiger partial charge in [0.2, 0.25) is 5.82 Å². The van der Waals surface area contributed by atoms with Crippen molar-refractivity contribution in [3.63, 3.8) is 0 Å². The first-order valence-electron chi connectivity index (χ1n) is 6.07. The van der Waals surface area contributed by atoms with Crippen molar-refractivity contribution >= 4 is 39.7 Å². The quantitative estimate of drug-likeness (QED) is 0.460. The summed E-state index contributed by atoms with van der Waals surface area (Å²) in [6.07, 6.45) is 7.09. The number of hydrogen-bond acceptors (Lipinski definition) is 6. The molecule has 0 saturated carbocycles. The normalized spacial score (nSPS) is 11.0. The van der Waals surface area contributed by atoms with Gasteiger partial charge in [0.25, 0.3) is 4.96 Å².